The third kappa shape index (κ3) is 11.1. The van der Waals surface area contributed by atoms with Crippen LogP contribution in [0.2, 0.25) is 0 Å². The van der Waals surface area contributed by atoms with Crippen LogP contribution in [0, 0.1) is 6.92 Å². The fourth-order valence-corrected chi connectivity index (χ4v) is 1.19. The van der Waals surface area contributed by atoms with Gasteiger partial charge >= 0.3 is 6.09 Å². The van der Waals surface area contributed by atoms with Crippen LogP contribution in [0.1, 0.15) is 38.8 Å². The number of amides is 1. The molecular weight excluding hydrogens is 258 g/mol. The van der Waals surface area contributed by atoms with Gasteiger partial charge in [-0.1, -0.05) is 29.8 Å². The topological polar surface area (TPSA) is 75.6 Å². The molecule has 0 radical (unpaired) electrons. The van der Waals surface area contributed by atoms with Crippen molar-refractivity contribution in [2.75, 3.05) is 0 Å². The molecule has 0 aliphatic heterocycles. The Balaban J connectivity index is 0.000000796. The summed E-state index contributed by atoms with van der Waals surface area (Å²) in [5, 5.41) is 10.1. The second-order valence-corrected chi connectivity index (χ2v) is 5.36. The van der Waals surface area contributed by atoms with Gasteiger partial charge in [-0.05, 0) is 33.3 Å². The number of carbonyl (C=O) groups excluding carboxylic acids is 1. The first-order valence-corrected chi connectivity index (χ1v) is 6.32. The summed E-state index contributed by atoms with van der Waals surface area (Å²) in [7, 11) is 0. The maximum atomic E-state index is 11.4. The Labute approximate surface area is 120 Å². The van der Waals surface area contributed by atoms with Gasteiger partial charge in [-0.15, -0.1) is 0 Å². The van der Waals surface area contributed by atoms with Gasteiger partial charge in [-0.2, -0.15) is 0 Å². The smallest absolute Gasteiger partial charge is 0.407 e. The molecule has 1 aromatic carbocycles. The van der Waals surface area contributed by atoms with Crippen molar-refractivity contribution in [1.82, 2.24) is 5.32 Å². The highest BCUT2D eigenvalue weighted by atomic mass is 16.6. The third-order valence-corrected chi connectivity index (χ3v) is 1.96. The molecule has 0 unspecified atom stereocenters. The number of hydrogen-bond acceptors (Lipinski definition) is 3. The van der Waals surface area contributed by atoms with E-state index >= 15 is 0 Å². The number of hydrogen-bond donors (Lipinski definition) is 2. The molecule has 0 spiro atoms. The lowest BCUT2D eigenvalue weighted by Crippen LogP contribution is -2.32. The number of aryl methyl sites for hydroxylation is 1. The van der Waals surface area contributed by atoms with E-state index in [1.807, 2.05) is 52.0 Å². The number of rotatable bonds is 2. The van der Waals surface area contributed by atoms with E-state index in [4.69, 9.17) is 14.6 Å². The van der Waals surface area contributed by atoms with E-state index in [1.165, 1.54) is 5.56 Å². The molecule has 0 atom stereocenters. The maximum Gasteiger partial charge on any atom is 0.407 e. The van der Waals surface area contributed by atoms with Gasteiger partial charge in [-0.25, -0.2) is 4.79 Å². The van der Waals surface area contributed by atoms with Crippen molar-refractivity contribution in [3.05, 3.63) is 35.4 Å². The Bertz CT molecular complexity index is 428. The zero-order chi connectivity index (χ0) is 15.8. The second kappa shape index (κ2) is 8.19. The Hall–Kier alpha value is -2.04. The predicted molar refractivity (Wildman–Crippen MR) is 77.6 cm³/mol. The summed E-state index contributed by atoms with van der Waals surface area (Å²) >= 11 is 0. The van der Waals surface area contributed by atoms with Crippen LogP contribution in [0.15, 0.2) is 24.3 Å². The highest BCUT2D eigenvalue weighted by Crippen LogP contribution is 2.07. The normalized spacial score (nSPS) is 10.1. The lowest BCUT2D eigenvalue weighted by Gasteiger charge is -2.19. The zero-order valence-electron chi connectivity index (χ0n) is 12.7. The molecule has 0 fully saturated rings. The number of benzene rings is 1. The fourth-order valence-electron chi connectivity index (χ4n) is 1.19. The average Bonchev–Trinajstić information content (AvgIpc) is 2.25. The van der Waals surface area contributed by atoms with Gasteiger partial charge in [-0.3, -0.25) is 4.79 Å². The minimum atomic E-state index is -0.833. The average molecular weight is 281 g/mol. The SMILES string of the molecule is CC(=O)O.Cc1ccc(CNC(=O)OC(C)(C)C)cc1. The number of carbonyl (C=O) groups is 2. The predicted octanol–water partition coefficient (Wildman–Crippen LogP) is 3.11. The van der Waals surface area contributed by atoms with Crippen LogP contribution in [0.3, 0.4) is 0 Å². The first-order chi connectivity index (χ1) is 9.10. The number of carboxylic acids is 1. The molecule has 5 nitrogen and oxygen atoms in total. The second-order valence-electron chi connectivity index (χ2n) is 5.36. The van der Waals surface area contributed by atoms with E-state index in [-0.39, 0.29) is 6.09 Å². The molecule has 0 saturated heterocycles. The molecule has 5 heteroatoms. The standard InChI is InChI=1S/C13H19NO2.C2H4O2/c1-10-5-7-11(8-6-10)9-14-12(15)16-13(2,3)4;1-2(3)4/h5-8H,9H2,1-4H3,(H,14,15);1H3,(H,3,4). The van der Waals surface area contributed by atoms with E-state index in [1.54, 1.807) is 0 Å². The Morgan fingerprint density at radius 2 is 1.65 bits per heavy atom. The highest BCUT2D eigenvalue weighted by Gasteiger charge is 2.15. The van der Waals surface area contributed by atoms with Gasteiger partial charge in [0.2, 0.25) is 0 Å². The van der Waals surface area contributed by atoms with Crippen molar-refractivity contribution in [2.45, 2.75) is 46.8 Å². The summed E-state index contributed by atoms with van der Waals surface area (Å²) in [6, 6.07) is 8.03. The number of carboxylic acid groups (broad SMARTS) is 1. The lowest BCUT2D eigenvalue weighted by atomic mass is 10.1. The summed E-state index contributed by atoms with van der Waals surface area (Å²) in [6.45, 7) is 9.15. The van der Waals surface area contributed by atoms with Crippen LogP contribution < -0.4 is 5.32 Å². The molecule has 0 saturated carbocycles. The van der Waals surface area contributed by atoms with Gasteiger partial charge in [0.1, 0.15) is 5.60 Å². The number of ether oxygens (including phenoxy) is 1. The number of nitrogens with one attached hydrogen (secondary N) is 1. The first kappa shape index (κ1) is 18.0. The zero-order valence-corrected chi connectivity index (χ0v) is 12.7. The molecule has 2 N–H and O–H groups in total. The van der Waals surface area contributed by atoms with E-state index in [9.17, 15) is 4.79 Å². The molecule has 20 heavy (non-hydrogen) atoms. The Morgan fingerprint density at radius 1 is 1.20 bits per heavy atom. The summed E-state index contributed by atoms with van der Waals surface area (Å²) in [5.41, 5.74) is 1.83. The molecule has 1 aromatic rings. The van der Waals surface area contributed by atoms with Crippen molar-refractivity contribution in [3.63, 3.8) is 0 Å². The summed E-state index contributed by atoms with van der Waals surface area (Å²) in [4.78, 5) is 20.4. The Kier molecular flexibility index (Phi) is 7.36. The van der Waals surface area contributed by atoms with E-state index in [0.29, 0.717) is 6.54 Å². The molecule has 1 rings (SSSR count). The van der Waals surface area contributed by atoms with Crippen molar-refractivity contribution >= 4 is 12.1 Å². The highest BCUT2D eigenvalue weighted by molar-refractivity contribution is 5.67. The molecular formula is C15H23NO4. The van der Waals surface area contributed by atoms with Crippen molar-refractivity contribution in [3.8, 4) is 0 Å². The molecule has 0 aliphatic carbocycles. The van der Waals surface area contributed by atoms with Crippen molar-refractivity contribution in [2.24, 2.45) is 0 Å². The Morgan fingerprint density at radius 3 is 2.05 bits per heavy atom. The van der Waals surface area contributed by atoms with E-state index < -0.39 is 11.6 Å². The molecule has 0 heterocycles. The van der Waals surface area contributed by atoms with Gasteiger partial charge in [0.25, 0.3) is 5.97 Å². The van der Waals surface area contributed by atoms with Gasteiger partial charge in [0.05, 0.1) is 0 Å². The third-order valence-electron chi connectivity index (χ3n) is 1.96. The first-order valence-electron chi connectivity index (χ1n) is 6.32. The van der Waals surface area contributed by atoms with Gasteiger partial charge < -0.3 is 15.2 Å². The van der Waals surface area contributed by atoms with E-state index in [2.05, 4.69) is 5.32 Å². The summed E-state index contributed by atoms with van der Waals surface area (Å²) in [5.74, 6) is -0.833. The molecule has 112 valence electrons. The van der Waals surface area contributed by atoms with Gasteiger partial charge in [0, 0.05) is 13.5 Å². The quantitative estimate of drug-likeness (QED) is 0.873. The minimum Gasteiger partial charge on any atom is -0.481 e. The summed E-state index contributed by atoms with van der Waals surface area (Å²) in [6.07, 6.45) is -0.381. The maximum absolute atomic E-state index is 11.4. The molecule has 0 aliphatic rings. The van der Waals surface area contributed by atoms with Crippen LogP contribution in [-0.2, 0) is 16.1 Å². The fraction of sp³-hybridized carbons (Fsp3) is 0.467. The molecule has 0 bridgehead atoms. The lowest BCUT2D eigenvalue weighted by molar-refractivity contribution is -0.134. The van der Waals surface area contributed by atoms with E-state index in [0.717, 1.165) is 12.5 Å². The molecule has 1 amide bonds. The minimum absolute atomic E-state index is 0.381. The van der Waals surface area contributed by atoms with Crippen LogP contribution in [0.25, 0.3) is 0 Å². The summed E-state index contributed by atoms with van der Waals surface area (Å²) < 4.78 is 5.13. The van der Waals surface area contributed by atoms with Crippen LogP contribution in [-0.4, -0.2) is 22.8 Å². The van der Waals surface area contributed by atoms with Crippen LogP contribution >= 0.6 is 0 Å². The van der Waals surface area contributed by atoms with Crippen LogP contribution in [0.5, 0.6) is 0 Å². The van der Waals surface area contributed by atoms with Crippen molar-refractivity contribution < 1.29 is 19.4 Å². The number of alkyl carbamates (subject to hydrolysis) is 1. The molecule has 0 aromatic heterocycles. The van der Waals surface area contributed by atoms with Gasteiger partial charge in [0.15, 0.2) is 0 Å². The van der Waals surface area contributed by atoms with Crippen LogP contribution in [0.4, 0.5) is 4.79 Å². The largest absolute Gasteiger partial charge is 0.481 e. The number of aliphatic carboxylic acids is 1. The van der Waals surface area contributed by atoms with Crippen molar-refractivity contribution in [1.29, 1.82) is 0 Å². The monoisotopic (exact) mass is 281 g/mol.